The standard InChI is InChI=1S/C25H28O4/c1-3-5-20-12-18(7-9-24(20)28-16-22-14-26-22)11-19-8-10-25(21(13-19)6-4-2)29-17-23-15-27-23/h3-10,12-13,22-23H,11,14-17H2,1-2H3. The quantitative estimate of drug-likeness (QED) is 0.540. The molecule has 2 atom stereocenters. The second-order valence-electron chi connectivity index (χ2n) is 7.45. The van der Waals surface area contributed by atoms with Crippen LogP contribution in [0.1, 0.15) is 36.1 Å². The summed E-state index contributed by atoms with van der Waals surface area (Å²) in [5.41, 5.74) is 4.70. The molecule has 4 heteroatoms. The van der Waals surface area contributed by atoms with E-state index in [9.17, 15) is 0 Å². The fraction of sp³-hybridized carbons (Fsp3) is 0.360. The molecule has 0 radical (unpaired) electrons. The summed E-state index contributed by atoms with van der Waals surface area (Å²) in [5, 5.41) is 0. The van der Waals surface area contributed by atoms with E-state index in [1.807, 2.05) is 26.0 Å². The molecule has 0 N–H and O–H groups in total. The molecular formula is C25H28O4. The van der Waals surface area contributed by atoms with Crippen molar-refractivity contribution in [1.29, 1.82) is 0 Å². The Morgan fingerprint density at radius 3 is 1.62 bits per heavy atom. The van der Waals surface area contributed by atoms with Gasteiger partial charge in [0.05, 0.1) is 13.2 Å². The van der Waals surface area contributed by atoms with Gasteiger partial charge in [-0.15, -0.1) is 0 Å². The van der Waals surface area contributed by atoms with Crippen molar-refractivity contribution in [3.8, 4) is 11.5 Å². The molecule has 2 heterocycles. The summed E-state index contributed by atoms with van der Waals surface area (Å²) in [6.45, 7) is 6.89. The van der Waals surface area contributed by atoms with E-state index in [0.29, 0.717) is 13.2 Å². The molecule has 2 fully saturated rings. The van der Waals surface area contributed by atoms with Gasteiger partial charge in [-0.3, -0.25) is 0 Å². The first-order valence-corrected chi connectivity index (χ1v) is 10.2. The van der Waals surface area contributed by atoms with Crippen LogP contribution in [-0.4, -0.2) is 38.6 Å². The molecule has 0 spiro atoms. The maximum absolute atomic E-state index is 5.92. The highest BCUT2D eigenvalue weighted by Gasteiger charge is 2.24. The lowest BCUT2D eigenvalue weighted by atomic mass is 10.00. The molecule has 152 valence electrons. The van der Waals surface area contributed by atoms with Crippen LogP contribution < -0.4 is 9.47 Å². The fourth-order valence-electron chi connectivity index (χ4n) is 3.23. The largest absolute Gasteiger partial charge is 0.490 e. The Morgan fingerprint density at radius 1 is 0.793 bits per heavy atom. The van der Waals surface area contributed by atoms with Gasteiger partial charge in [0.15, 0.2) is 0 Å². The van der Waals surface area contributed by atoms with Crippen molar-refractivity contribution in [3.63, 3.8) is 0 Å². The van der Waals surface area contributed by atoms with Crippen molar-refractivity contribution in [1.82, 2.24) is 0 Å². The lowest BCUT2D eigenvalue weighted by molar-refractivity contribution is 0.262. The minimum Gasteiger partial charge on any atom is -0.490 e. The van der Waals surface area contributed by atoms with Crippen LogP contribution in [0, 0.1) is 0 Å². The molecule has 0 bridgehead atoms. The van der Waals surface area contributed by atoms with Crippen molar-refractivity contribution in [2.75, 3.05) is 26.4 Å². The molecule has 4 rings (SSSR count). The number of hydrogen-bond acceptors (Lipinski definition) is 4. The van der Waals surface area contributed by atoms with Gasteiger partial charge in [0, 0.05) is 11.1 Å². The van der Waals surface area contributed by atoms with Gasteiger partial charge < -0.3 is 18.9 Å². The molecule has 0 aromatic heterocycles. The number of ether oxygens (including phenoxy) is 4. The molecule has 2 aliphatic heterocycles. The van der Waals surface area contributed by atoms with Crippen molar-refractivity contribution < 1.29 is 18.9 Å². The molecule has 2 aromatic rings. The predicted molar refractivity (Wildman–Crippen MR) is 116 cm³/mol. The summed E-state index contributed by atoms with van der Waals surface area (Å²) in [6.07, 6.45) is 9.63. The summed E-state index contributed by atoms with van der Waals surface area (Å²) in [4.78, 5) is 0. The summed E-state index contributed by atoms with van der Waals surface area (Å²) < 4.78 is 22.3. The molecule has 29 heavy (non-hydrogen) atoms. The molecule has 2 saturated heterocycles. The number of hydrogen-bond donors (Lipinski definition) is 0. The highest BCUT2D eigenvalue weighted by atomic mass is 16.6. The first-order chi connectivity index (χ1) is 14.2. The molecule has 0 amide bonds. The van der Waals surface area contributed by atoms with Gasteiger partial charge in [-0.1, -0.05) is 36.4 Å². The van der Waals surface area contributed by atoms with Gasteiger partial charge >= 0.3 is 0 Å². The molecule has 0 aliphatic carbocycles. The second kappa shape index (κ2) is 9.29. The normalized spacial score (nSPS) is 20.3. The predicted octanol–water partition coefficient (Wildman–Crippen LogP) is 4.90. The Labute approximate surface area is 172 Å². The van der Waals surface area contributed by atoms with E-state index in [4.69, 9.17) is 18.9 Å². The van der Waals surface area contributed by atoms with Crippen molar-refractivity contribution in [3.05, 3.63) is 70.8 Å². The van der Waals surface area contributed by atoms with E-state index in [-0.39, 0.29) is 12.2 Å². The Morgan fingerprint density at radius 2 is 1.24 bits per heavy atom. The van der Waals surface area contributed by atoms with Crippen LogP contribution in [0.25, 0.3) is 12.2 Å². The Kier molecular flexibility index (Phi) is 6.33. The Hall–Kier alpha value is -2.56. The van der Waals surface area contributed by atoms with Gasteiger partial charge in [0.2, 0.25) is 0 Å². The number of allylic oxidation sites excluding steroid dienone is 2. The third-order valence-electron chi connectivity index (χ3n) is 4.90. The van der Waals surface area contributed by atoms with E-state index in [1.54, 1.807) is 0 Å². The van der Waals surface area contributed by atoms with E-state index >= 15 is 0 Å². The number of rotatable bonds is 10. The lowest BCUT2D eigenvalue weighted by Crippen LogP contribution is -2.06. The zero-order valence-electron chi connectivity index (χ0n) is 17.1. The zero-order valence-corrected chi connectivity index (χ0v) is 17.1. The summed E-state index contributed by atoms with van der Waals surface area (Å²) in [6, 6.07) is 12.8. The highest BCUT2D eigenvalue weighted by Crippen LogP contribution is 2.27. The maximum Gasteiger partial charge on any atom is 0.126 e. The average Bonchev–Trinajstić information content (AvgIpc) is 3.62. The van der Waals surface area contributed by atoms with Crippen LogP contribution >= 0.6 is 0 Å². The Bertz CT molecular complexity index is 818. The van der Waals surface area contributed by atoms with E-state index in [2.05, 4.69) is 48.6 Å². The van der Waals surface area contributed by atoms with Gasteiger partial charge in [0.1, 0.15) is 36.9 Å². The monoisotopic (exact) mass is 392 g/mol. The van der Waals surface area contributed by atoms with Crippen molar-refractivity contribution in [2.24, 2.45) is 0 Å². The number of benzene rings is 2. The molecule has 2 unspecified atom stereocenters. The topological polar surface area (TPSA) is 43.5 Å². The molecular weight excluding hydrogens is 364 g/mol. The van der Waals surface area contributed by atoms with Crippen molar-refractivity contribution in [2.45, 2.75) is 32.5 Å². The van der Waals surface area contributed by atoms with Gasteiger partial charge in [-0.05, 0) is 55.7 Å². The van der Waals surface area contributed by atoms with Crippen molar-refractivity contribution >= 4 is 12.2 Å². The first kappa shape index (κ1) is 19.7. The zero-order chi connectivity index (χ0) is 20.1. The third kappa shape index (κ3) is 5.72. The summed E-state index contributed by atoms with van der Waals surface area (Å²) in [7, 11) is 0. The summed E-state index contributed by atoms with van der Waals surface area (Å²) >= 11 is 0. The second-order valence-corrected chi connectivity index (χ2v) is 7.45. The van der Waals surface area contributed by atoms with Gasteiger partial charge in [-0.25, -0.2) is 0 Å². The highest BCUT2D eigenvalue weighted by molar-refractivity contribution is 5.60. The summed E-state index contributed by atoms with van der Waals surface area (Å²) in [5.74, 6) is 1.81. The van der Waals surface area contributed by atoms with Crippen LogP contribution in [-0.2, 0) is 15.9 Å². The Balaban J connectivity index is 1.49. The van der Waals surface area contributed by atoms with E-state index in [1.165, 1.54) is 11.1 Å². The van der Waals surface area contributed by atoms with Crippen LogP contribution in [0.5, 0.6) is 11.5 Å². The van der Waals surface area contributed by atoms with Gasteiger partial charge in [0.25, 0.3) is 0 Å². The SMILES string of the molecule is CC=Cc1cc(Cc2ccc(OCC3CO3)c(C=CC)c2)ccc1OCC1CO1. The molecule has 2 aromatic carbocycles. The minimum atomic E-state index is 0.255. The average molecular weight is 392 g/mol. The van der Waals surface area contributed by atoms with Crippen LogP contribution in [0.2, 0.25) is 0 Å². The molecule has 4 nitrogen and oxygen atoms in total. The van der Waals surface area contributed by atoms with Crippen LogP contribution in [0.4, 0.5) is 0 Å². The lowest BCUT2D eigenvalue weighted by Gasteiger charge is -2.12. The van der Waals surface area contributed by atoms with Gasteiger partial charge in [-0.2, -0.15) is 0 Å². The minimum absolute atomic E-state index is 0.255. The first-order valence-electron chi connectivity index (χ1n) is 10.2. The molecule has 0 saturated carbocycles. The van der Waals surface area contributed by atoms with E-state index in [0.717, 1.165) is 42.3 Å². The van der Waals surface area contributed by atoms with Crippen LogP contribution in [0.3, 0.4) is 0 Å². The van der Waals surface area contributed by atoms with E-state index < -0.39 is 0 Å². The molecule has 2 aliphatic rings. The smallest absolute Gasteiger partial charge is 0.126 e. The maximum atomic E-state index is 5.92. The number of epoxide rings is 2. The van der Waals surface area contributed by atoms with Crippen LogP contribution in [0.15, 0.2) is 48.6 Å². The fourth-order valence-corrected chi connectivity index (χ4v) is 3.23. The third-order valence-corrected chi connectivity index (χ3v) is 4.90.